The quantitative estimate of drug-likeness (QED) is 0.506. The summed E-state index contributed by atoms with van der Waals surface area (Å²) < 4.78 is 36.5. The Labute approximate surface area is 123 Å². The van der Waals surface area contributed by atoms with Crippen LogP contribution in [0.3, 0.4) is 0 Å². The molecule has 1 amide bonds. The summed E-state index contributed by atoms with van der Waals surface area (Å²) in [6.45, 7) is -3.22. The monoisotopic (exact) mass is 231 g/mol. The van der Waals surface area contributed by atoms with Gasteiger partial charge in [0.15, 0.2) is 0 Å². The van der Waals surface area contributed by atoms with E-state index < -0.39 is 12.4 Å². The van der Waals surface area contributed by atoms with E-state index in [2.05, 4.69) is 0 Å². The Hall–Kier alpha value is 0.701. The summed E-state index contributed by atoms with van der Waals surface area (Å²) in [5.41, 5.74) is -0.461. The molecule has 7 heteroatoms. The van der Waals surface area contributed by atoms with Gasteiger partial charge in [-0.25, -0.2) is 0 Å². The SMILES string of the molecule is CC(=O)N1CC=C([B-](F)(F)F)CC1.[K+]. The second-order valence-electron chi connectivity index (χ2n) is 3.07. The molecule has 0 aliphatic carbocycles. The van der Waals surface area contributed by atoms with Crippen LogP contribution in [0.5, 0.6) is 0 Å². The van der Waals surface area contributed by atoms with Crippen molar-refractivity contribution in [1.82, 2.24) is 4.90 Å². The fourth-order valence-corrected chi connectivity index (χ4v) is 1.27. The molecule has 0 saturated heterocycles. The standard InChI is InChI=1S/C7H10BF3NO.K/c1-6(13)12-4-2-7(3-5-12)8(9,10)11;/h2H,3-5H2,1H3;/q-1;+1. The number of amides is 1. The molecule has 0 fully saturated rings. The van der Waals surface area contributed by atoms with E-state index in [1.165, 1.54) is 11.8 Å². The predicted molar refractivity (Wildman–Crippen MR) is 44.0 cm³/mol. The Morgan fingerprint density at radius 3 is 2.36 bits per heavy atom. The van der Waals surface area contributed by atoms with E-state index >= 15 is 0 Å². The van der Waals surface area contributed by atoms with Crippen LogP contribution in [0.15, 0.2) is 11.5 Å². The van der Waals surface area contributed by atoms with Gasteiger partial charge in [-0.15, -0.1) is 5.47 Å². The Morgan fingerprint density at radius 2 is 2.07 bits per heavy atom. The van der Waals surface area contributed by atoms with Crippen LogP contribution >= 0.6 is 0 Å². The van der Waals surface area contributed by atoms with E-state index in [1.54, 1.807) is 0 Å². The minimum absolute atomic E-state index is 0. The zero-order valence-electron chi connectivity index (χ0n) is 8.27. The number of rotatable bonds is 1. The van der Waals surface area contributed by atoms with Crippen molar-refractivity contribution in [3.05, 3.63) is 11.5 Å². The number of nitrogens with zero attached hydrogens (tertiary/aromatic N) is 1. The van der Waals surface area contributed by atoms with Gasteiger partial charge in [0.1, 0.15) is 0 Å². The third kappa shape index (κ3) is 4.06. The maximum absolute atomic E-state index is 12.2. The molecule has 0 aromatic carbocycles. The molecule has 0 N–H and O–H groups in total. The Bertz CT molecular complexity index is 254. The first-order valence-corrected chi connectivity index (χ1v) is 4.05. The van der Waals surface area contributed by atoms with E-state index in [4.69, 9.17) is 0 Å². The zero-order valence-corrected chi connectivity index (χ0v) is 11.4. The van der Waals surface area contributed by atoms with E-state index in [0.29, 0.717) is 0 Å². The van der Waals surface area contributed by atoms with E-state index in [1.807, 2.05) is 0 Å². The second kappa shape index (κ2) is 5.69. The summed E-state index contributed by atoms with van der Waals surface area (Å²) in [7, 11) is 0. The second-order valence-corrected chi connectivity index (χ2v) is 3.07. The maximum Gasteiger partial charge on any atom is 1.00 e. The van der Waals surface area contributed by atoms with Crippen LogP contribution in [0.1, 0.15) is 13.3 Å². The topological polar surface area (TPSA) is 20.3 Å². The molecule has 0 saturated carbocycles. The summed E-state index contributed by atoms with van der Waals surface area (Å²) in [5.74, 6) is -0.176. The molecule has 1 aliphatic heterocycles. The van der Waals surface area contributed by atoms with Gasteiger partial charge in [0.05, 0.1) is 0 Å². The van der Waals surface area contributed by atoms with Crippen LogP contribution in [0, 0.1) is 0 Å². The van der Waals surface area contributed by atoms with E-state index in [-0.39, 0.29) is 76.8 Å². The molecule has 1 heterocycles. The molecule has 0 bridgehead atoms. The third-order valence-electron chi connectivity index (χ3n) is 2.11. The van der Waals surface area contributed by atoms with Gasteiger partial charge in [0, 0.05) is 20.0 Å². The molecule has 0 unspecified atom stereocenters. The Kier molecular flexibility index (Phi) is 5.98. The van der Waals surface area contributed by atoms with Crippen LogP contribution < -0.4 is 51.4 Å². The van der Waals surface area contributed by atoms with Crippen molar-refractivity contribution in [2.24, 2.45) is 0 Å². The van der Waals surface area contributed by atoms with Crippen LogP contribution in [0.25, 0.3) is 0 Å². The van der Waals surface area contributed by atoms with Gasteiger partial charge >= 0.3 is 58.4 Å². The molecule has 0 atom stereocenters. The summed E-state index contributed by atoms with van der Waals surface area (Å²) in [4.78, 5) is 12.2. The Morgan fingerprint density at radius 1 is 1.50 bits per heavy atom. The van der Waals surface area contributed by atoms with Gasteiger partial charge in [0.2, 0.25) is 5.91 Å². The number of carbonyl (C=O) groups is 1. The molecule has 0 spiro atoms. The molecule has 1 rings (SSSR count). The fraction of sp³-hybridized carbons (Fsp3) is 0.571. The molecule has 74 valence electrons. The zero-order chi connectivity index (χ0) is 10.1. The molecule has 14 heavy (non-hydrogen) atoms. The van der Waals surface area contributed by atoms with Crippen molar-refractivity contribution in [3.8, 4) is 0 Å². The van der Waals surface area contributed by atoms with Crippen molar-refractivity contribution >= 4 is 12.9 Å². The van der Waals surface area contributed by atoms with Crippen molar-refractivity contribution in [2.45, 2.75) is 13.3 Å². The number of hydrogen-bond donors (Lipinski definition) is 0. The predicted octanol–water partition coefficient (Wildman–Crippen LogP) is -1.44. The van der Waals surface area contributed by atoms with E-state index in [0.717, 1.165) is 6.08 Å². The van der Waals surface area contributed by atoms with Crippen molar-refractivity contribution < 1.29 is 69.1 Å². The van der Waals surface area contributed by atoms with Crippen molar-refractivity contribution in [2.75, 3.05) is 13.1 Å². The van der Waals surface area contributed by atoms with Gasteiger partial charge in [-0.3, -0.25) is 4.79 Å². The number of carbonyl (C=O) groups excluding carboxylic acids is 1. The maximum atomic E-state index is 12.2. The van der Waals surface area contributed by atoms with Crippen LogP contribution in [-0.4, -0.2) is 30.9 Å². The minimum Gasteiger partial charge on any atom is -0.445 e. The Balaban J connectivity index is 0.00000169. The average Bonchev–Trinajstić information content (AvgIpc) is 2.03. The summed E-state index contributed by atoms with van der Waals surface area (Å²) in [5, 5.41) is 0. The van der Waals surface area contributed by atoms with Crippen LogP contribution in [0.4, 0.5) is 12.9 Å². The molecule has 1 aliphatic rings. The number of halogens is 3. The smallest absolute Gasteiger partial charge is 0.445 e. The summed E-state index contributed by atoms with van der Waals surface area (Å²) in [6.07, 6.45) is 1.04. The average molecular weight is 231 g/mol. The molecule has 0 aromatic heterocycles. The minimum atomic E-state index is -4.85. The van der Waals surface area contributed by atoms with Crippen LogP contribution in [-0.2, 0) is 4.79 Å². The van der Waals surface area contributed by atoms with Crippen molar-refractivity contribution in [1.29, 1.82) is 0 Å². The van der Waals surface area contributed by atoms with Gasteiger partial charge < -0.3 is 17.8 Å². The first kappa shape index (κ1) is 14.7. The van der Waals surface area contributed by atoms with Crippen LogP contribution in [0.2, 0.25) is 0 Å². The normalized spacial score (nSPS) is 17.1. The van der Waals surface area contributed by atoms with E-state index in [9.17, 15) is 17.7 Å². The van der Waals surface area contributed by atoms with Gasteiger partial charge in [0.25, 0.3) is 0 Å². The number of hydrogen-bond acceptors (Lipinski definition) is 1. The summed E-state index contributed by atoms with van der Waals surface area (Å²) in [6, 6.07) is 0. The van der Waals surface area contributed by atoms with Gasteiger partial charge in [-0.05, 0) is 6.42 Å². The fourth-order valence-electron chi connectivity index (χ4n) is 1.27. The first-order chi connectivity index (χ1) is 5.91. The van der Waals surface area contributed by atoms with Crippen molar-refractivity contribution in [3.63, 3.8) is 0 Å². The molecular weight excluding hydrogens is 221 g/mol. The molecular formula is C7H10BF3KNO. The van der Waals surface area contributed by atoms with Gasteiger partial charge in [-0.2, -0.15) is 0 Å². The third-order valence-corrected chi connectivity index (χ3v) is 2.11. The molecule has 0 aromatic rings. The largest absolute Gasteiger partial charge is 1.00 e. The summed E-state index contributed by atoms with van der Waals surface area (Å²) >= 11 is 0. The molecule has 0 radical (unpaired) electrons. The van der Waals surface area contributed by atoms with Gasteiger partial charge in [-0.1, -0.05) is 6.08 Å². The molecule has 2 nitrogen and oxygen atoms in total. The first-order valence-electron chi connectivity index (χ1n) is 4.05.